The lowest BCUT2D eigenvalue weighted by molar-refractivity contribution is 0.584. The van der Waals surface area contributed by atoms with Crippen LogP contribution in [0.15, 0.2) is 52.5 Å². The third-order valence-electron chi connectivity index (χ3n) is 3.06. The van der Waals surface area contributed by atoms with Crippen LogP contribution in [0.3, 0.4) is 0 Å². The zero-order valence-electron chi connectivity index (χ0n) is 12.3. The normalized spacial score (nSPS) is 11.8. The lowest BCUT2D eigenvalue weighted by Crippen LogP contribution is -2.19. The molecular formula is C16H18N2O2S. The number of hydrogen-bond donors (Lipinski definition) is 1. The first kappa shape index (κ1) is 15.3. The third kappa shape index (κ3) is 3.92. The fourth-order valence-corrected chi connectivity index (χ4v) is 3.09. The largest absolute Gasteiger partial charge is 0.276 e. The van der Waals surface area contributed by atoms with Gasteiger partial charge in [-0.1, -0.05) is 42.0 Å². The summed E-state index contributed by atoms with van der Waals surface area (Å²) >= 11 is 0. The quantitative estimate of drug-likeness (QED) is 0.697. The van der Waals surface area contributed by atoms with Gasteiger partial charge in [0.2, 0.25) is 0 Å². The molecule has 110 valence electrons. The number of hydrazone groups is 1. The first-order chi connectivity index (χ1) is 9.88. The summed E-state index contributed by atoms with van der Waals surface area (Å²) in [5.74, 6) is 0. The van der Waals surface area contributed by atoms with Gasteiger partial charge >= 0.3 is 0 Å². The average Bonchev–Trinajstić information content (AvgIpc) is 2.41. The number of benzene rings is 2. The van der Waals surface area contributed by atoms with Crippen molar-refractivity contribution < 1.29 is 8.42 Å². The highest BCUT2D eigenvalue weighted by molar-refractivity contribution is 7.89. The second kappa shape index (κ2) is 6.10. The summed E-state index contributed by atoms with van der Waals surface area (Å²) in [7, 11) is -3.64. The predicted molar refractivity (Wildman–Crippen MR) is 85.0 cm³/mol. The molecule has 0 radical (unpaired) electrons. The van der Waals surface area contributed by atoms with E-state index in [1.165, 1.54) is 6.21 Å². The Balaban J connectivity index is 2.20. The summed E-state index contributed by atoms with van der Waals surface area (Å²) in [5.41, 5.74) is 3.53. The zero-order valence-corrected chi connectivity index (χ0v) is 13.1. The second-order valence-electron chi connectivity index (χ2n) is 5.04. The van der Waals surface area contributed by atoms with E-state index in [1.807, 2.05) is 44.2 Å². The van der Waals surface area contributed by atoms with Crippen molar-refractivity contribution >= 4 is 16.2 Å². The molecule has 0 unspecified atom stereocenters. The Morgan fingerprint density at radius 2 is 1.71 bits per heavy atom. The van der Waals surface area contributed by atoms with Crippen LogP contribution in [0.4, 0.5) is 0 Å². The molecule has 0 spiro atoms. The van der Waals surface area contributed by atoms with Crippen molar-refractivity contribution in [3.63, 3.8) is 0 Å². The van der Waals surface area contributed by atoms with Crippen LogP contribution in [0, 0.1) is 20.8 Å². The molecule has 0 aliphatic heterocycles. The number of nitrogens with one attached hydrogen (secondary N) is 1. The number of sulfonamides is 1. The van der Waals surface area contributed by atoms with Gasteiger partial charge in [-0.05, 0) is 43.5 Å². The summed E-state index contributed by atoms with van der Waals surface area (Å²) in [6, 6.07) is 13.0. The fraction of sp³-hybridized carbons (Fsp3) is 0.188. The molecule has 0 heterocycles. The van der Waals surface area contributed by atoms with E-state index < -0.39 is 10.0 Å². The van der Waals surface area contributed by atoms with Gasteiger partial charge in [0, 0.05) is 0 Å². The van der Waals surface area contributed by atoms with E-state index in [9.17, 15) is 8.42 Å². The Hall–Kier alpha value is -2.14. The van der Waals surface area contributed by atoms with Crippen LogP contribution in [0.1, 0.15) is 22.3 Å². The van der Waals surface area contributed by atoms with Crippen LogP contribution < -0.4 is 4.83 Å². The zero-order chi connectivity index (χ0) is 15.5. The molecule has 0 atom stereocenters. The Labute approximate surface area is 125 Å². The van der Waals surface area contributed by atoms with E-state index in [0.29, 0.717) is 5.56 Å². The van der Waals surface area contributed by atoms with E-state index in [4.69, 9.17) is 0 Å². The van der Waals surface area contributed by atoms with E-state index in [-0.39, 0.29) is 4.90 Å². The molecule has 1 N–H and O–H groups in total. The minimum Gasteiger partial charge on any atom is -0.200 e. The Morgan fingerprint density at radius 1 is 1.00 bits per heavy atom. The molecule has 0 aliphatic carbocycles. The van der Waals surface area contributed by atoms with Gasteiger partial charge in [0.05, 0.1) is 11.1 Å². The van der Waals surface area contributed by atoms with Gasteiger partial charge in [-0.2, -0.15) is 13.5 Å². The maximum atomic E-state index is 12.2. The van der Waals surface area contributed by atoms with Crippen LogP contribution in [0.2, 0.25) is 0 Å². The molecule has 0 amide bonds. The average molecular weight is 302 g/mol. The van der Waals surface area contributed by atoms with Crippen molar-refractivity contribution in [3.8, 4) is 0 Å². The van der Waals surface area contributed by atoms with Crippen LogP contribution in [-0.2, 0) is 10.0 Å². The minimum absolute atomic E-state index is 0.254. The Kier molecular flexibility index (Phi) is 4.43. The standard InChI is InChI=1S/C16H18N2O2S/c1-12-5-4-6-15(9-12)11-17-18-21(19,20)16-10-13(2)7-8-14(16)3/h4-11,18H,1-3H3/b17-11-. The first-order valence-electron chi connectivity index (χ1n) is 6.57. The molecule has 0 saturated heterocycles. The van der Waals surface area contributed by atoms with Gasteiger partial charge in [0.15, 0.2) is 0 Å². The van der Waals surface area contributed by atoms with Gasteiger partial charge in [0.25, 0.3) is 10.0 Å². The van der Waals surface area contributed by atoms with Crippen molar-refractivity contribution in [3.05, 3.63) is 64.7 Å². The third-order valence-corrected chi connectivity index (χ3v) is 4.43. The SMILES string of the molecule is Cc1cccc(/C=N\NS(=O)(=O)c2cc(C)ccc2C)c1. The van der Waals surface area contributed by atoms with E-state index in [2.05, 4.69) is 9.93 Å². The number of nitrogens with zero attached hydrogens (tertiary/aromatic N) is 1. The van der Waals surface area contributed by atoms with E-state index in [0.717, 1.165) is 16.7 Å². The van der Waals surface area contributed by atoms with Crippen molar-refractivity contribution in [1.29, 1.82) is 0 Å². The first-order valence-corrected chi connectivity index (χ1v) is 8.05. The summed E-state index contributed by atoms with van der Waals surface area (Å²) < 4.78 is 24.5. The molecular weight excluding hydrogens is 284 g/mol. The Bertz CT molecular complexity index is 781. The highest BCUT2D eigenvalue weighted by atomic mass is 32.2. The van der Waals surface area contributed by atoms with Gasteiger partial charge in [-0.3, -0.25) is 0 Å². The molecule has 0 aliphatic rings. The van der Waals surface area contributed by atoms with Crippen molar-refractivity contribution in [2.24, 2.45) is 5.10 Å². The van der Waals surface area contributed by atoms with Gasteiger partial charge in [-0.25, -0.2) is 4.83 Å². The molecule has 2 aromatic rings. The molecule has 5 heteroatoms. The maximum Gasteiger partial charge on any atom is 0.276 e. The summed E-state index contributed by atoms with van der Waals surface area (Å²) in [5, 5.41) is 3.84. The number of hydrogen-bond acceptors (Lipinski definition) is 3. The molecule has 4 nitrogen and oxygen atoms in total. The Morgan fingerprint density at radius 3 is 2.43 bits per heavy atom. The minimum atomic E-state index is -3.64. The summed E-state index contributed by atoms with van der Waals surface area (Å²) in [6.45, 7) is 5.59. The lowest BCUT2D eigenvalue weighted by atomic mass is 10.2. The maximum absolute atomic E-state index is 12.2. The molecule has 2 rings (SSSR count). The van der Waals surface area contributed by atoms with Crippen molar-refractivity contribution in [2.75, 3.05) is 0 Å². The topological polar surface area (TPSA) is 58.5 Å². The highest BCUT2D eigenvalue weighted by Crippen LogP contribution is 2.16. The molecule has 0 fully saturated rings. The van der Waals surface area contributed by atoms with Crippen molar-refractivity contribution in [2.45, 2.75) is 25.7 Å². The number of rotatable bonds is 4. The molecule has 0 bridgehead atoms. The van der Waals surface area contributed by atoms with Crippen LogP contribution in [0.25, 0.3) is 0 Å². The van der Waals surface area contributed by atoms with Gasteiger partial charge < -0.3 is 0 Å². The predicted octanol–water partition coefficient (Wildman–Crippen LogP) is 2.92. The van der Waals surface area contributed by atoms with Crippen molar-refractivity contribution in [1.82, 2.24) is 4.83 Å². The van der Waals surface area contributed by atoms with Crippen LogP contribution in [0.5, 0.6) is 0 Å². The van der Waals surface area contributed by atoms with Gasteiger partial charge in [0.1, 0.15) is 0 Å². The summed E-state index contributed by atoms with van der Waals surface area (Å²) in [4.78, 5) is 2.51. The second-order valence-corrected chi connectivity index (χ2v) is 6.67. The molecule has 0 saturated carbocycles. The summed E-state index contributed by atoms with van der Waals surface area (Å²) in [6.07, 6.45) is 1.50. The molecule has 0 aromatic heterocycles. The fourth-order valence-electron chi connectivity index (χ4n) is 1.97. The molecule has 2 aromatic carbocycles. The smallest absolute Gasteiger partial charge is 0.200 e. The number of aryl methyl sites for hydroxylation is 3. The van der Waals surface area contributed by atoms with Gasteiger partial charge in [-0.15, -0.1) is 0 Å². The van der Waals surface area contributed by atoms with E-state index in [1.54, 1.807) is 19.1 Å². The lowest BCUT2D eigenvalue weighted by Gasteiger charge is -2.07. The van der Waals surface area contributed by atoms with Crippen LogP contribution >= 0.6 is 0 Å². The van der Waals surface area contributed by atoms with Crippen LogP contribution in [-0.4, -0.2) is 14.6 Å². The monoisotopic (exact) mass is 302 g/mol. The van der Waals surface area contributed by atoms with E-state index >= 15 is 0 Å². The highest BCUT2D eigenvalue weighted by Gasteiger charge is 2.15. The molecule has 21 heavy (non-hydrogen) atoms.